The van der Waals surface area contributed by atoms with E-state index in [-0.39, 0.29) is 12.2 Å². The lowest BCUT2D eigenvalue weighted by atomic mass is 10.3. The summed E-state index contributed by atoms with van der Waals surface area (Å²) in [6.45, 7) is 7.16. The van der Waals surface area contributed by atoms with Gasteiger partial charge in [0.25, 0.3) is 0 Å². The van der Waals surface area contributed by atoms with Crippen molar-refractivity contribution in [3.8, 4) is 5.88 Å². The molecule has 0 aromatic carbocycles. The second kappa shape index (κ2) is 6.51. The van der Waals surface area contributed by atoms with Gasteiger partial charge in [-0.05, 0) is 13.8 Å². The van der Waals surface area contributed by atoms with E-state index in [1.807, 2.05) is 13.8 Å². The summed E-state index contributed by atoms with van der Waals surface area (Å²) in [6.07, 6.45) is 1.96. The van der Waals surface area contributed by atoms with Crippen molar-refractivity contribution in [3.05, 3.63) is 12.3 Å². The Morgan fingerprint density at radius 2 is 2.50 bits per heavy atom. The van der Waals surface area contributed by atoms with Gasteiger partial charge in [0.2, 0.25) is 11.8 Å². The molecule has 6 nitrogen and oxygen atoms in total. The third-order valence-corrected chi connectivity index (χ3v) is 2.48. The van der Waals surface area contributed by atoms with Gasteiger partial charge in [-0.15, -0.1) is 0 Å². The van der Waals surface area contributed by atoms with Crippen LogP contribution in [-0.4, -0.2) is 48.4 Å². The molecule has 1 aliphatic heterocycles. The van der Waals surface area contributed by atoms with E-state index >= 15 is 0 Å². The molecule has 1 saturated heterocycles. The number of nitrogens with one attached hydrogen (secondary N) is 2. The molecular formula is C12H20N4O2. The van der Waals surface area contributed by atoms with Gasteiger partial charge in [-0.3, -0.25) is 0 Å². The summed E-state index contributed by atoms with van der Waals surface area (Å²) in [4.78, 5) is 8.43. The van der Waals surface area contributed by atoms with E-state index in [4.69, 9.17) is 9.47 Å². The topological polar surface area (TPSA) is 68.3 Å². The normalized spacial score (nSPS) is 19.8. The molecule has 6 heteroatoms. The van der Waals surface area contributed by atoms with E-state index < -0.39 is 0 Å². The molecule has 2 N–H and O–H groups in total. The van der Waals surface area contributed by atoms with Crippen LogP contribution in [0.25, 0.3) is 0 Å². The third-order valence-electron chi connectivity index (χ3n) is 2.48. The Kier molecular flexibility index (Phi) is 4.72. The van der Waals surface area contributed by atoms with Crippen molar-refractivity contribution in [2.75, 3.05) is 31.6 Å². The second-order valence-electron chi connectivity index (χ2n) is 4.46. The molecule has 0 spiro atoms. The van der Waals surface area contributed by atoms with E-state index in [1.54, 1.807) is 12.3 Å². The van der Waals surface area contributed by atoms with Crippen molar-refractivity contribution in [2.45, 2.75) is 26.1 Å². The first-order valence-corrected chi connectivity index (χ1v) is 6.30. The Morgan fingerprint density at radius 1 is 1.61 bits per heavy atom. The lowest BCUT2D eigenvalue weighted by Gasteiger charge is -2.23. The van der Waals surface area contributed by atoms with Gasteiger partial charge in [-0.2, -0.15) is 4.98 Å². The van der Waals surface area contributed by atoms with E-state index in [9.17, 15) is 0 Å². The lowest BCUT2D eigenvalue weighted by molar-refractivity contribution is 0.0371. The molecule has 1 aromatic heterocycles. The molecule has 0 aliphatic carbocycles. The van der Waals surface area contributed by atoms with Crippen molar-refractivity contribution in [1.29, 1.82) is 0 Å². The van der Waals surface area contributed by atoms with Crippen molar-refractivity contribution in [2.24, 2.45) is 0 Å². The third kappa shape index (κ3) is 4.12. The van der Waals surface area contributed by atoms with Crippen LogP contribution in [0.2, 0.25) is 0 Å². The Bertz CT molecular complexity index is 367. The number of morpholine rings is 1. The zero-order chi connectivity index (χ0) is 12.8. The van der Waals surface area contributed by atoms with Crippen molar-refractivity contribution in [3.63, 3.8) is 0 Å². The number of hydrogen-bond acceptors (Lipinski definition) is 6. The van der Waals surface area contributed by atoms with Crippen LogP contribution in [0.4, 0.5) is 5.95 Å². The van der Waals surface area contributed by atoms with Gasteiger partial charge in [0, 0.05) is 31.9 Å². The average Bonchev–Trinajstić information content (AvgIpc) is 2.37. The fourth-order valence-electron chi connectivity index (χ4n) is 1.69. The van der Waals surface area contributed by atoms with Crippen molar-refractivity contribution < 1.29 is 9.47 Å². The van der Waals surface area contributed by atoms with Gasteiger partial charge in [0.1, 0.15) is 0 Å². The molecule has 1 fully saturated rings. The van der Waals surface area contributed by atoms with Crippen LogP contribution in [0.15, 0.2) is 12.3 Å². The van der Waals surface area contributed by atoms with Gasteiger partial charge in [0.05, 0.1) is 18.8 Å². The Morgan fingerprint density at radius 3 is 3.22 bits per heavy atom. The molecule has 0 bridgehead atoms. The maximum Gasteiger partial charge on any atom is 0.226 e. The summed E-state index contributed by atoms with van der Waals surface area (Å²) in [7, 11) is 0. The van der Waals surface area contributed by atoms with Gasteiger partial charge in [-0.25, -0.2) is 4.98 Å². The summed E-state index contributed by atoms with van der Waals surface area (Å²) in [5.41, 5.74) is 0. The summed E-state index contributed by atoms with van der Waals surface area (Å²) < 4.78 is 11.1. The van der Waals surface area contributed by atoms with E-state index in [2.05, 4.69) is 20.6 Å². The van der Waals surface area contributed by atoms with E-state index in [0.717, 1.165) is 19.7 Å². The highest BCUT2D eigenvalue weighted by atomic mass is 16.5. The standard InChI is InChI=1S/C12H20N4O2/c1-9(2)18-11-3-4-14-12(16-11)15-8-10-7-13-5-6-17-10/h3-4,9-10,13H,5-8H2,1-2H3,(H,14,15,16). The number of hydrogen-bond donors (Lipinski definition) is 2. The van der Waals surface area contributed by atoms with Gasteiger partial charge < -0.3 is 20.1 Å². The minimum absolute atomic E-state index is 0.110. The molecule has 1 atom stereocenters. The Hall–Kier alpha value is -1.40. The van der Waals surface area contributed by atoms with Crippen LogP contribution in [-0.2, 0) is 4.74 Å². The van der Waals surface area contributed by atoms with E-state index in [0.29, 0.717) is 18.4 Å². The fraction of sp³-hybridized carbons (Fsp3) is 0.667. The van der Waals surface area contributed by atoms with Crippen molar-refractivity contribution >= 4 is 5.95 Å². The molecule has 100 valence electrons. The number of rotatable bonds is 5. The first kappa shape index (κ1) is 13.0. The number of aromatic nitrogens is 2. The molecule has 1 unspecified atom stereocenters. The van der Waals surface area contributed by atoms with Gasteiger partial charge in [-0.1, -0.05) is 0 Å². The van der Waals surface area contributed by atoms with Crippen molar-refractivity contribution in [1.82, 2.24) is 15.3 Å². The molecule has 2 heterocycles. The van der Waals surface area contributed by atoms with Gasteiger partial charge in [0.15, 0.2) is 0 Å². The molecule has 18 heavy (non-hydrogen) atoms. The smallest absolute Gasteiger partial charge is 0.226 e. The molecule has 0 saturated carbocycles. The SMILES string of the molecule is CC(C)Oc1ccnc(NCC2CNCCO2)n1. The molecule has 1 aliphatic rings. The molecule has 1 aromatic rings. The van der Waals surface area contributed by atoms with Crippen LogP contribution < -0.4 is 15.4 Å². The molecular weight excluding hydrogens is 232 g/mol. The molecule has 0 radical (unpaired) electrons. The van der Waals surface area contributed by atoms with Crippen LogP contribution in [0.3, 0.4) is 0 Å². The number of nitrogens with zero attached hydrogens (tertiary/aromatic N) is 2. The number of anilines is 1. The Balaban J connectivity index is 1.84. The highest BCUT2D eigenvalue weighted by molar-refractivity contribution is 5.27. The maximum atomic E-state index is 5.58. The fourth-order valence-corrected chi connectivity index (χ4v) is 1.69. The molecule has 2 rings (SSSR count). The van der Waals surface area contributed by atoms with Crippen LogP contribution in [0.5, 0.6) is 5.88 Å². The first-order valence-electron chi connectivity index (χ1n) is 6.30. The first-order chi connectivity index (χ1) is 8.74. The van der Waals surface area contributed by atoms with Crippen LogP contribution in [0.1, 0.15) is 13.8 Å². The van der Waals surface area contributed by atoms with Crippen LogP contribution >= 0.6 is 0 Å². The Labute approximate surface area is 107 Å². The molecule has 0 amide bonds. The van der Waals surface area contributed by atoms with E-state index in [1.165, 1.54) is 0 Å². The lowest BCUT2D eigenvalue weighted by Crippen LogP contribution is -2.42. The quantitative estimate of drug-likeness (QED) is 0.802. The highest BCUT2D eigenvalue weighted by Crippen LogP contribution is 2.10. The van der Waals surface area contributed by atoms with Crippen LogP contribution in [0, 0.1) is 0 Å². The highest BCUT2D eigenvalue weighted by Gasteiger charge is 2.13. The monoisotopic (exact) mass is 252 g/mol. The zero-order valence-corrected chi connectivity index (χ0v) is 10.8. The van der Waals surface area contributed by atoms with Gasteiger partial charge >= 0.3 is 0 Å². The largest absolute Gasteiger partial charge is 0.475 e. The predicted octanol–water partition coefficient (Wildman–Crippen LogP) is 0.664. The summed E-state index contributed by atoms with van der Waals surface area (Å²) in [5, 5.41) is 6.44. The minimum Gasteiger partial charge on any atom is -0.475 e. The summed E-state index contributed by atoms with van der Waals surface area (Å²) >= 11 is 0. The second-order valence-corrected chi connectivity index (χ2v) is 4.46. The zero-order valence-electron chi connectivity index (χ0n) is 10.8. The minimum atomic E-state index is 0.110. The average molecular weight is 252 g/mol. The summed E-state index contributed by atoms with van der Waals surface area (Å²) in [5.74, 6) is 1.16. The summed E-state index contributed by atoms with van der Waals surface area (Å²) in [6, 6.07) is 1.75. The number of ether oxygens (including phenoxy) is 2. The maximum absolute atomic E-state index is 5.58. The predicted molar refractivity (Wildman–Crippen MR) is 68.9 cm³/mol.